The van der Waals surface area contributed by atoms with E-state index in [0.29, 0.717) is 13.0 Å². The van der Waals surface area contributed by atoms with Crippen LogP contribution in [0.1, 0.15) is 29.9 Å². The van der Waals surface area contributed by atoms with E-state index in [4.69, 9.17) is 14.2 Å². The van der Waals surface area contributed by atoms with Gasteiger partial charge in [0.25, 0.3) is 0 Å². The van der Waals surface area contributed by atoms with Gasteiger partial charge < -0.3 is 29.5 Å². The molecule has 0 bridgehead atoms. The van der Waals surface area contributed by atoms with E-state index in [0.717, 1.165) is 28.3 Å². The van der Waals surface area contributed by atoms with E-state index in [1.807, 2.05) is 50.5 Å². The molecule has 0 aromatic heterocycles. The van der Waals surface area contributed by atoms with Gasteiger partial charge in [0.05, 0.1) is 26.2 Å². The van der Waals surface area contributed by atoms with Crippen molar-refractivity contribution in [2.24, 2.45) is 0 Å². The molecule has 0 unspecified atom stereocenters. The van der Waals surface area contributed by atoms with Crippen LogP contribution in [0, 0.1) is 0 Å². The van der Waals surface area contributed by atoms with E-state index in [1.165, 1.54) is 0 Å². The number of hydrogen-bond acceptors (Lipinski definition) is 6. The topological polar surface area (TPSA) is 80.3 Å². The maximum Gasteiger partial charge on any atom is 0.222 e. The van der Waals surface area contributed by atoms with Gasteiger partial charge >= 0.3 is 0 Å². The molecule has 2 N–H and O–H groups in total. The summed E-state index contributed by atoms with van der Waals surface area (Å²) in [7, 11) is 5.64. The molecular formula is C24H30N2O5. The van der Waals surface area contributed by atoms with Crippen molar-refractivity contribution in [3.8, 4) is 11.5 Å². The van der Waals surface area contributed by atoms with E-state index >= 15 is 0 Å². The predicted molar refractivity (Wildman–Crippen MR) is 118 cm³/mol. The van der Waals surface area contributed by atoms with Crippen molar-refractivity contribution in [3.63, 3.8) is 0 Å². The van der Waals surface area contributed by atoms with Crippen molar-refractivity contribution in [2.45, 2.75) is 43.6 Å². The number of nitrogens with zero attached hydrogens (tertiary/aromatic N) is 1. The van der Waals surface area contributed by atoms with Crippen LogP contribution in [-0.2, 0) is 16.1 Å². The molecule has 0 saturated carbocycles. The number of hydrogen-bond donors (Lipinski definition) is 2. The van der Waals surface area contributed by atoms with E-state index in [1.54, 1.807) is 7.11 Å². The van der Waals surface area contributed by atoms with Crippen LogP contribution in [-0.4, -0.2) is 57.1 Å². The molecule has 2 aliphatic heterocycles. The van der Waals surface area contributed by atoms with Crippen LogP contribution >= 0.6 is 0 Å². The molecule has 7 heteroatoms. The first-order chi connectivity index (χ1) is 15.0. The SMILES string of the molecule is COc1ccc(CNC(=O)C[C@H]2C[C@@H]3c4cc(N(C)C)ccc4O[C@@H]3[C@@H](CO)O2)cc1. The lowest BCUT2D eigenvalue weighted by atomic mass is 9.84. The summed E-state index contributed by atoms with van der Waals surface area (Å²) in [5.74, 6) is 1.65. The summed E-state index contributed by atoms with van der Waals surface area (Å²) in [4.78, 5) is 14.6. The minimum atomic E-state index is -0.451. The van der Waals surface area contributed by atoms with Gasteiger partial charge in [0.1, 0.15) is 23.7 Å². The Balaban J connectivity index is 1.40. The van der Waals surface area contributed by atoms with E-state index in [2.05, 4.69) is 16.3 Å². The Morgan fingerprint density at radius 1 is 1.23 bits per heavy atom. The second kappa shape index (κ2) is 9.16. The number of ether oxygens (including phenoxy) is 3. The lowest BCUT2D eigenvalue weighted by molar-refractivity contribution is -0.142. The van der Waals surface area contributed by atoms with Crippen molar-refractivity contribution in [1.82, 2.24) is 5.32 Å². The molecule has 0 spiro atoms. The molecule has 0 aliphatic carbocycles. The number of carbonyl (C=O) groups excluding carboxylic acids is 1. The third-order valence-electron chi connectivity index (χ3n) is 6.06. The van der Waals surface area contributed by atoms with E-state index < -0.39 is 6.10 Å². The minimum absolute atomic E-state index is 0.0721. The van der Waals surface area contributed by atoms with Gasteiger partial charge in [-0.15, -0.1) is 0 Å². The smallest absolute Gasteiger partial charge is 0.222 e. The van der Waals surface area contributed by atoms with Crippen molar-refractivity contribution < 1.29 is 24.1 Å². The summed E-state index contributed by atoms with van der Waals surface area (Å²) < 4.78 is 17.3. The van der Waals surface area contributed by atoms with Crippen LogP contribution in [0.5, 0.6) is 11.5 Å². The fourth-order valence-electron chi connectivity index (χ4n) is 4.38. The molecule has 4 rings (SSSR count). The average molecular weight is 427 g/mol. The summed E-state index contributed by atoms with van der Waals surface area (Å²) in [6, 6.07) is 13.7. The number of rotatable bonds is 7. The highest BCUT2D eigenvalue weighted by atomic mass is 16.6. The Bertz CT molecular complexity index is 915. The largest absolute Gasteiger partial charge is 0.497 e. The molecule has 2 aromatic rings. The lowest BCUT2D eigenvalue weighted by Gasteiger charge is -2.37. The number of aliphatic hydroxyl groups excluding tert-OH is 1. The molecule has 4 atom stereocenters. The Labute approximate surface area is 182 Å². The van der Waals surface area contributed by atoms with Gasteiger partial charge in [0.2, 0.25) is 5.91 Å². The summed E-state index contributed by atoms with van der Waals surface area (Å²) in [5, 5.41) is 12.8. The fraction of sp³-hybridized carbons (Fsp3) is 0.458. The first-order valence-corrected chi connectivity index (χ1v) is 10.6. The zero-order valence-electron chi connectivity index (χ0n) is 18.2. The van der Waals surface area contributed by atoms with E-state index in [9.17, 15) is 9.90 Å². The molecule has 1 saturated heterocycles. The number of nitrogens with one attached hydrogen (secondary N) is 1. The Hall–Kier alpha value is -2.77. The number of anilines is 1. The maximum atomic E-state index is 12.6. The first-order valence-electron chi connectivity index (χ1n) is 10.6. The second-order valence-electron chi connectivity index (χ2n) is 8.35. The van der Waals surface area contributed by atoms with Gasteiger partial charge in [0, 0.05) is 37.8 Å². The van der Waals surface area contributed by atoms with Crippen LogP contribution in [0.4, 0.5) is 5.69 Å². The van der Waals surface area contributed by atoms with Crippen molar-refractivity contribution in [1.29, 1.82) is 0 Å². The quantitative estimate of drug-likeness (QED) is 0.708. The molecule has 2 aliphatic rings. The third-order valence-corrected chi connectivity index (χ3v) is 6.06. The molecule has 166 valence electrons. The third kappa shape index (κ3) is 4.62. The molecule has 31 heavy (non-hydrogen) atoms. The molecular weight excluding hydrogens is 396 g/mol. The standard InChI is InChI=1S/C24H30N2O5/c1-26(2)16-6-9-21-19(10-16)20-11-18(30-22(14-27)24(20)31-21)12-23(28)25-13-15-4-7-17(29-3)8-5-15/h4-10,18,20,22,24,27H,11-14H2,1-3H3,(H,25,28)/t18-,20-,22-,24+/m1/s1. The average Bonchev–Trinajstić information content (AvgIpc) is 3.15. The Morgan fingerprint density at radius 3 is 2.68 bits per heavy atom. The maximum absolute atomic E-state index is 12.6. The summed E-state index contributed by atoms with van der Waals surface area (Å²) in [6.07, 6.45) is -0.0178. The van der Waals surface area contributed by atoms with Gasteiger partial charge in [-0.2, -0.15) is 0 Å². The summed E-state index contributed by atoms with van der Waals surface area (Å²) >= 11 is 0. The lowest BCUT2D eigenvalue weighted by Crippen LogP contribution is -2.47. The highest BCUT2D eigenvalue weighted by Crippen LogP contribution is 2.47. The second-order valence-corrected chi connectivity index (χ2v) is 8.35. The van der Waals surface area contributed by atoms with Gasteiger partial charge in [-0.25, -0.2) is 0 Å². The molecule has 1 fully saturated rings. The molecule has 2 aromatic carbocycles. The molecule has 2 heterocycles. The molecule has 0 radical (unpaired) electrons. The number of fused-ring (bicyclic) bond motifs is 3. The fourth-order valence-corrected chi connectivity index (χ4v) is 4.38. The van der Waals surface area contributed by atoms with Crippen molar-refractivity contribution >= 4 is 11.6 Å². The van der Waals surface area contributed by atoms with Crippen LogP contribution in [0.3, 0.4) is 0 Å². The highest BCUT2D eigenvalue weighted by molar-refractivity contribution is 5.76. The number of methoxy groups -OCH3 is 1. The Kier molecular flexibility index (Phi) is 6.34. The Morgan fingerprint density at radius 2 is 2.00 bits per heavy atom. The van der Waals surface area contributed by atoms with Gasteiger partial charge in [-0.3, -0.25) is 4.79 Å². The van der Waals surface area contributed by atoms with Gasteiger partial charge in [-0.1, -0.05) is 12.1 Å². The monoisotopic (exact) mass is 426 g/mol. The normalized spacial score (nSPS) is 24.0. The van der Waals surface area contributed by atoms with Crippen molar-refractivity contribution in [2.75, 3.05) is 32.7 Å². The highest BCUT2D eigenvalue weighted by Gasteiger charge is 2.46. The minimum Gasteiger partial charge on any atom is -0.497 e. The zero-order valence-corrected chi connectivity index (χ0v) is 18.2. The zero-order chi connectivity index (χ0) is 22.0. The number of carbonyl (C=O) groups is 1. The predicted octanol–water partition coefficient (Wildman–Crippen LogP) is 2.46. The van der Waals surface area contributed by atoms with Crippen LogP contribution < -0.4 is 19.7 Å². The van der Waals surface area contributed by atoms with Gasteiger partial charge in [-0.05, 0) is 42.3 Å². The van der Waals surface area contributed by atoms with E-state index in [-0.39, 0.29) is 37.1 Å². The summed E-state index contributed by atoms with van der Waals surface area (Å²) in [6.45, 7) is 0.308. The summed E-state index contributed by atoms with van der Waals surface area (Å²) in [5.41, 5.74) is 3.23. The molecule has 1 amide bonds. The number of benzene rings is 2. The van der Waals surface area contributed by atoms with Crippen LogP contribution in [0.15, 0.2) is 42.5 Å². The number of amides is 1. The van der Waals surface area contributed by atoms with Gasteiger partial charge in [0.15, 0.2) is 0 Å². The molecule has 7 nitrogen and oxygen atoms in total. The van der Waals surface area contributed by atoms with Crippen LogP contribution in [0.25, 0.3) is 0 Å². The first kappa shape index (κ1) is 21.5. The van der Waals surface area contributed by atoms with Crippen LogP contribution in [0.2, 0.25) is 0 Å². The number of aliphatic hydroxyl groups is 1. The van der Waals surface area contributed by atoms with Crippen molar-refractivity contribution in [3.05, 3.63) is 53.6 Å².